The second kappa shape index (κ2) is 3.00. The molecule has 0 saturated carbocycles. The van der Waals surface area contributed by atoms with Gasteiger partial charge in [-0.15, -0.1) is 5.10 Å². The van der Waals surface area contributed by atoms with Gasteiger partial charge < -0.3 is 10.8 Å². The third-order valence-electron chi connectivity index (χ3n) is 2.19. The Morgan fingerprint density at radius 2 is 2.36 bits per heavy atom. The number of nitrogens with zero attached hydrogens (tertiary/aromatic N) is 3. The van der Waals surface area contributed by atoms with Gasteiger partial charge in [-0.25, -0.2) is 4.98 Å². The van der Waals surface area contributed by atoms with Gasteiger partial charge in [-0.3, -0.25) is 0 Å². The molecule has 0 aliphatic heterocycles. The van der Waals surface area contributed by atoms with Gasteiger partial charge in [0, 0.05) is 18.3 Å². The van der Waals surface area contributed by atoms with Crippen molar-refractivity contribution >= 4 is 11.2 Å². The van der Waals surface area contributed by atoms with Crippen LogP contribution in [0.15, 0.2) is 12.3 Å². The van der Waals surface area contributed by atoms with E-state index in [4.69, 9.17) is 5.73 Å². The van der Waals surface area contributed by atoms with E-state index in [0.29, 0.717) is 16.7 Å². The standard InChI is InChI=1S/C8H11N5O/c1-8(14,4-9)5-2-6-7(10-3-5)12-13-11-6/h2-3,14H,4,9H2,1H3,(H,10,11,12,13). The lowest BCUT2D eigenvalue weighted by molar-refractivity contribution is 0.0666. The number of aromatic nitrogens is 4. The predicted molar refractivity (Wildman–Crippen MR) is 50.3 cm³/mol. The number of rotatable bonds is 2. The molecule has 2 aromatic heterocycles. The van der Waals surface area contributed by atoms with Crippen molar-refractivity contribution in [3.8, 4) is 0 Å². The van der Waals surface area contributed by atoms with Crippen LogP contribution in [-0.4, -0.2) is 32.0 Å². The monoisotopic (exact) mass is 193 g/mol. The highest BCUT2D eigenvalue weighted by Crippen LogP contribution is 2.20. The van der Waals surface area contributed by atoms with Crippen molar-refractivity contribution in [2.75, 3.05) is 6.54 Å². The quantitative estimate of drug-likeness (QED) is 0.598. The molecule has 1 atom stereocenters. The third kappa shape index (κ3) is 1.34. The maximum absolute atomic E-state index is 9.87. The van der Waals surface area contributed by atoms with Crippen LogP contribution in [0.3, 0.4) is 0 Å². The number of H-pyrrole nitrogens is 1. The van der Waals surface area contributed by atoms with E-state index in [0.717, 1.165) is 0 Å². The highest BCUT2D eigenvalue weighted by molar-refractivity contribution is 5.69. The summed E-state index contributed by atoms with van der Waals surface area (Å²) in [5.41, 5.74) is 6.16. The highest BCUT2D eigenvalue weighted by Gasteiger charge is 2.22. The fourth-order valence-corrected chi connectivity index (χ4v) is 1.15. The Morgan fingerprint density at radius 1 is 1.57 bits per heavy atom. The number of nitrogens with two attached hydrogens (primary N) is 1. The second-order valence-corrected chi connectivity index (χ2v) is 3.37. The normalized spacial score (nSPS) is 15.6. The number of nitrogens with one attached hydrogen (secondary N) is 1. The summed E-state index contributed by atoms with van der Waals surface area (Å²) >= 11 is 0. The molecule has 6 heteroatoms. The van der Waals surface area contributed by atoms with Gasteiger partial charge in [0.2, 0.25) is 5.65 Å². The minimum atomic E-state index is -1.07. The first-order chi connectivity index (χ1) is 6.63. The zero-order valence-electron chi connectivity index (χ0n) is 7.73. The zero-order valence-corrected chi connectivity index (χ0v) is 7.73. The molecule has 2 rings (SSSR count). The van der Waals surface area contributed by atoms with E-state index >= 15 is 0 Å². The molecule has 2 aromatic rings. The number of hydrogen-bond donors (Lipinski definition) is 3. The largest absolute Gasteiger partial charge is 0.384 e. The Bertz CT molecular complexity index is 450. The van der Waals surface area contributed by atoms with E-state index in [1.807, 2.05) is 0 Å². The highest BCUT2D eigenvalue weighted by atomic mass is 16.3. The Balaban J connectivity index is 2.53. The van der Waals surface area contributed by atoms with Gasteiger partial charge in [0.15, 0.2) is 0 Å². The Labute approximate surface area is 80.1 Å². The average Bonchev–Trinajstić information content (AvgIpc) is 2.64. The minimum absolute atomic E-state index is 0.137. The van der Waals surface area contributed by atoms with Crippen LogP contribution in [0, 0.1) is 0 Å². The summed E-state index contributed by atoms with van der Waals surface area (Å²) in [5, 5.41) is 20.0. The van der Waals surface area contributed by atoms with Crippen LogP contribution in [0.1, 0.15) is 12.5 Å². The van der Waals surface area contributed by atoms with Gasteiger partial charge in [0.05, 0.1) is 0 Å². The molecule has 0 aromatic carbocycles. The molecule has 0 fully saturated rings. The molecule has 0 bridgehead atoms. The zero-order chi connectivity index (χ0) is 10.2. The van der Waals surface area contributed by atoms with Crippen molar-refractivity contribution in [2.45, 2.75) is 12.5 Å². The van der Waals surface area contributed by atoms with Crippen molar-refractivity contribution in [1.82, 2.24) is 20.4 Å². The number of aromatic amines is 1. The van der Waals surface area contributed by atoms with Gasteiger partial charge in [-0.05, 0) is 13.0 Å². The van der Waals surface area contributed by atoms with E-state index in [-0.39, 0.29) is 6.54 Å². The molecular formula is C8H11N5O. The molecule has 1 unspecified atom stereocenters. The summed E-state index contributed by atoms with van der Waals surface area (Å²) in [6, 6.07) is 1.72. The van der Waals surface area contributed by atoms with Crippen molar-refractivity contribution in [1.29, 1.82) is 0 Å². The molecule has 0 amide bonds. The van der Waals surface area contributed by atoms with E-state index in [1.54, 1.807) is 19.2 Å². The third-order valence-corrected chi connectivity index (χ3v) is 2.19. The molecule has 0 saturated heterocycles. The first kappa shape index (κ1) is 9.04. The smallest absolute Gasteiger partial charge is 0.201 e. The molecule has 2 heterocycles. The van der Waals surface area contributed by atoms with Crippen LogP contribution >= 0.6 is 0 Å². The molecule has 74 valence electrons. The van der Waals surface area contributed by atoms with E-state index in [1.165, 1.54) is 0 Å². The van der Waals surface area contributed by atoms with Crippen molar-refractivity contribution < 1.29 is 5.11 Å². The molecule has 0 aliphatic rings. The maximum Gasteiger partial charge on any atom is 0.201 e. The van der Waals surface area contributed by atoms with Crippen LogP contribution in [0.25, 0.3) is 11.2 Å². The molecular weight excluding hydrogens is 182 g/mol. The molecule has 0 radical (unpaired) electrons. The first-order valence-corrected chi connectivity index (χ1v) is 4.23. The van der Waals surface area contributed by atoms with Crippen molar-refractivity contribution in [3.05, 3.63) is 17.8 Å². The Hall–Kier alpha value is -1.53. The molecule has 4 N–H and O–H groups in total. The van der Waals surface area contributed by atoms with Gasteiger partial charge in [-0.1, -0.05) is 0 Å². The lowest BCUT2D eigenvalue weighted by Gasteiger charge is -2.20. The Kier molecular flexibility index (Phi) is 1.94. The van der Waals surface area contributed by atoms with Crippen LogP contribution in [-0.2, 0) is 5.60 Å². The summed E-state index contributed by atoms with van der Waals surface area (Å²) in [4.78, 5) is 4.03. The van der Waals surface area contributed by atoms with Crippen molar-refractivity contribution in [2.24, 2.45) is 5.73 Å². The number of hydrogen-bond acceptors (Lipinski definition) is 5. The molecule has 0 spiro atoms. The van der Waals surface area contributed by atoms with Gasteiger partial charge >= 0.3 is 0 Å². The van der Waals surface area contributed by atoms with E-state index < -0.39 is 5.60 Å². The molecule has 0 aliphatic carbocycles. The lowest BCUT2D eigenvalue weighted by atomic mass is 9.98. The van der Waals surface area contributed by atoms with Crippen LogP contribution in [0.2, 0.25) is 0 Å². The number of aliphatic hydroxyl groups is 1. The lowest BCUT2D eigenvalue weighted by Crippen LogP contribution is -2.31. The fourth-order valence-electron chi connectivity index (χ4n) is 1.15. The van der Waals surface area contributed by atoms with Crippen LogP contribution in [0.4, 0.5) is 0 Å². The van der Waals surface area contributed by atoms with E-state index in [2.05, 4.69) is 20.4 Å². The second-order valence-electron chi connectivity index (χ2n) is 3.37. The van der Waals surface area contributed by atoms with Gasteiger partial charge in [0.25, 0.3) is 0 Å². The number of fused-ring (bicyclic) bond motifs is 1. The summed E-state index contributed by atoms with van der Waals surface area (Å²) in [7, 11) is 0. The summed E-state index contributed by atoms with van der Waals surface area (Å²) in [5.74, 6) is 0. The maximum atomic E-state index is 9.87. The summed E-state index contributed by atoms with van der Waals surface area (Å²) in [6.07, 6.45) is 1.55. The first-order valence-electron chi connectivity index (χ1n) is 4.23. The predicted octanol–water partition coefficient (Wildman–Crippen LogP) is -0.481. The summed E-state index contributed by atoms with van der Waals surface area (Å²) < 4.78 is 0. The number of pyridine rings is 1. The average molecular weight is 193 g/mol. The summed E-state index contributed by atoms with van der Waals surface area (Å²) in [6.45, 7) is 1.77. The Morgan fingerprint density at radius 3 is 3.07 bits per heavy atom. The molecule has 6 nitrogen and oxygen atoms in total. The van der Waals surface area contributed by atoms with Crippen molar-refractivity contribution in [3.63, 3.8) is 0 Å². The SMILES string of the molecule is CC(O)(CN)c1cnc2n[nH]nc2c1. The minimum Gasteiger partial charge on any atom is -0.384 e. The van der Waals surface area contributed by atoms with Crippen LogP contribution in [0.5, 0.6) is 0 Å². The van der Waals surface area contributed by atoms with Crippen LogP contribution < -0.4 is 5.73 Å². The fraction of sp³-hybridized carbons (Fsp3) is 0.375. The van der Waals surface area contributed by atoms with Gasteiger partial charge in [-0.2, -0.15) is 10.3 Å². The molecule has 14 heavy (non-hydrogen) atoms. The topological polar surface area (TPSA) is 101 Å². The van der Waals surface area contributed by atoms with Gasteiger partial charge in [0.1, 0.15) is 11.1 Å². The van der Waals surface area contributed by atoms with E-state index in [9.17, 15) is 5.11 Å².